The molecule has 1 fully saturated rings. The van der Waals surface area contributed by atoms with Gasteiger partial charge in [0.2, 0.25) is 0 Å². The van der Waals surface area contributed by atoms with E-state index in [1.54, 1.807) is 19.8 Å². The maximum absolute atomic E-state index is 5.71. The summed E-state index contributed by atoms with van der Waals surface area (Å²) in [4.78, 5) is 2.51. The Kier molecular flexibility index (Phi) is 3.31. The highest BCUT2D eigenvalue weighted by atomic mass is 16.5. The van der Waals surface area contributed by atoms with Crippen molar-refractivity contribution in [1.29, 1.82) is 0 Å². The van der Waals surface area contributed by atoms with Crippen molar-refractivity contribution in [2.75, 3.05) is 27.8 Å². The molecule has 3 aliphatic rings. The van der Waals surface area contributed by atoms with Crippen LogP contribution < -0.4 is 4.74 Å². The SMILES string of the molecule is COC1=C[C@]23CCN(C)[C@H](Cc4ccc(OC)cc42)C3=C[C@H]1C. The van der Waals surface area contributed by atoms with E-state index in [1.807, 2.05) is 0 Å². The highest BCUT2D eigenvalue weighted by Gasteiger charge is 2.49. The van der Waals surface area contributed by atoms with Crippen molar-refractivity contribution < 1.29 is 9.47 Å². The predicted octanol–water partition coefficient (Wildman–Crippen LogP) is 3.30. The Labute approximate surface area is 138 Å². The molecule has 1 aromatic carbocycles. The summed E-state index contributed by atoms with van der Waals surface area (Å²) >= 11 is 0. The minimum atomic E-state index is -0.0167. The van der Waals surface area contributed by atoms with Crippen molar-refractivity contribution in [2.24, 2.45) is 5.92 Å². The number of likely N-dealkylation sites (tertiary alicyclic amines) is 1. The average Bonchev–Trinajstić information content (AvgIpc) is 2.57. The number of methoxy groups -OCH3 is 2. The molecule has 1 heterocycles. The highest BCUT2D eigenvalue weighted by Crippen LogP contribution is 2.53. The van der Waals surface area contributed by atoms with Gasteiger partial charge in [0.15, 0.2) is 0 Å². The largest absolute Gasteiger partial charge is 0.501 e. The highest BCUT2D eigenvalue weighted by molar-refractivity contribution is 5.58. The Morgan fingerprint density at radius 3 is 2.78 bits per heavy atom. The second-order valence-corrected chi connectivity index (χ2v) is 7.11. The fraction of sp³-hybridized carbons (Fsp3) is 0.500. The fourth-order valence-electron chi connectivity index (χ4n) is 4.69. The Bertz CT molecular complexity index is 706. The molecular weight excluding hydrogens is 286 g/mol. The van der Waals surface area contributed by atoms with Crippen molar-refractivity contribution in [3.05, 3.63) is 52.8 Å². The number of hydrogen-bond donors (Lipinski definition) is 0. The zero-order valence-corrected chi connectivity index (χ0v) is 14.4. The van der Waals surface area contributed by atoms with Gasteiger partial charge in [-0.15, -0.1) is 0 Å². The van der Waals surface area contributed by atoms with Crippen molar-refractivity contribution in [2.45, 2.75) is 31.2 Å². The lowest BCUT2D eigenvalue weighted by Crippen LogP contribution is -2.54. The van der Waals surface area contributed by atoms with Crippen LogP contribution in [-0.2, 0) is 16.6 Å². The second-order valence-electron chi connectivity index (χ2n) is 7.11. The number of rotatable bonds is 2. The van der Waals surface area contributed by atoms with Gasteiger partial charge in [0.25, 0.3) is 0 Å². The zero-order chi connectivity index (χ0) is 16.2. The number of hydrogen-bond acceptors (Lipinski definition) is 3. The second kappa shape index (κ2) is 5.13. The first kappa shape index (κ1) is 14.8. The van der Waals surface area contributed by atoms with Gasteiger partial charge in [-0.05, 0) is 61.3 Å². The summed E-state index contributed by atoms with van der Waals surface area (Å²) in [7, 11) is 5.79. The number of allylic oxidation sites excluding steroid dienone is 2. The van der Waals surface area contributed by atoms with E-state index in [-0.39, 0.29) is 5.41 Å². The van der Waals surface area contributed by atoms with Crippen LogP contribution in [0.1, 0.15) is 24.5 Å². The molecule has 3 atom stereocenters. The molecule has 1 aliphatic heterocycles. The topological polar surface area (TPSA) is 21.7 Å². The van der Waals surface area contributed by atoms with E-state index in [2.05, 4.69) is 49.2 Å². The summed E-state index contributed by atoms with van der Waals surface area (Å²) in [5.41, 5.74) is 4.40. The van der Waals surface area contributed by atoms with E-state index < -0.39 is 0 Å². The Hall–Kier alpha value is -1.74. The minimum absolute atomic E-state index is 0.0167. The number of likely N-dealkylation sites (N-methyl/N-ethyl adjacent to an activating group) is 1. The van der Waals surface area contributed by atoms with Gasteiger partial charge in [0.1, 0.15) is 5.75 Å². The third-order valence-corrected chi connectivity index (χ3v) is 5.98. The van der Waals surface area contributed by atoms with Crippen LogP contribution in [0.4, 0.5) is 0 Å². The number of benzene rings is 1. The number of nitrogens with zero attached hydrogens (tertiary/aromatic N) is 1. The predicted molar refractivity (Wildman–Crippen MR) is 91.8 cm³/mol. The normalized spacial score (nSPS) is 32.3. The van der Waals surface area contributed by atoms with E-state index in [0.717, 1.165) is 30.9 Å². The smallest absolute Gasteiger partial charge is 0.119 e. The zero-order valence-electron chi connectivity index (χ0n) is 14.4. The summed E-state index contributed by atoms with van der Waals surface area (Å²) in [5, 5.41) is 0. The lowest BCUT2D eigenvalue weighted by Gasteiger charge is -2.53. The summed E-state index contributed by atoms with van der Waals surface area (Å²) in [5.74, 6) is 2.39. The lowest BCUT2D eigenvalue weighted by atomic mass is 9.58. The summed E-state index contributed by atoms with van der Waals surface area (Å²) in [6.45, 7) is 3.34. The number of ether oxygens (including phenoxy) is 2. The van der Waals surface area contributed by atoms with Gasteiger partial charge >= 0.3 is 0 Å². The van der Waals surface area contributed by atoms with Gasteiger partial charge in [-0.2, -0.15) is 0 Å². The van der Waals surface area contributed by atoms with Gasteiger partial charge in [0, 0.05) is 17.4 Å². The standard InChI is InChI=1S/C20H25NO2/c1-13-9-17-18-10-14-5-6-15(22-3)11-16(14)20(17,7-8-21(18)2)12-19(13)23-4/h5-6,9,11-13,18H,7-8,10H2,1-4H3/t13-,18-,20-/m1/s1. The molecule has 4 rings (SSSR count). The van der Waals surface area contributed by atoms with Crippen molar-refractivity contribution in [3.8, 4) is 5.75 Å². The molecule has 0 unspecified atom stereocenters. The third-order valence-electron chi connectivity index (χ3n) is 5.98. The van der Waals surface area contributed by atoms with Crippen LogP contribution >= 0.6 is 0 Å². The van der Waals surface area contributed by atoms with Crippen LogP contribution in [0.25, 0.3) is 0 Å². The molecule has 3 nitrogen and oxygen atoms in total. The van der Waals surface area contributed by atoms with E-state index in [9.17, 15) is 0 Å². The van der Waals surface area contributed by atoms with Gasteiger partial charge in [-0.25, -0.2) is 0 Å². The van der Waals surface area contributed by atoms with Crippen molar-refractivity contribution in [1.82, 2.24) is 4.90 Å². The van der Waals surface area contributed by atoms with Crippen molar-refractivity contribution in [3.63, 3.8) is 0 Å². The molecule has 0 N–H and O–H groups in total. The average molecular weight is 311 g/mol. The molecule has 2 bridgehead atoms. The van der Waals surface area contributed by atoms with Crippen molar-refractivity contribution >= 4 is 0 Å². The van der Waals surface area contributed by atoms with Crippen LogP contribution in [-0.4, -0.2) is 38.8 Å². The monoisotopic (exact) mass is 311 g/mol. The molecule has 2 aliphatic carbocycles. The van der Waals surface area contributed by atoms with E-state index >= 15 is 0 Å². The summed E-state index contributed by atoms with van der Waals surface area (Å²) < 4.78 is 11.2. The Balaban J connectivity index is 1.96. The Morgan fingerprint density at radius 2 is 2.04 bits per heavy atom. The van der Waals surface area contributed by atoms with E-state index in [1.165, 1.54) is 11.1 Å². The molecule has 0 amide bonds. The molecular formula is C20H25NO2. The molecule has 23 heavy (non-hydrogen) atoms. The first-order chi connectivity index (χ1) is 11.1. The first-order valence-electron chi connectivity index (χ1n) is 8.45. The van der Waals surface area contributed by atoms with Crippen LogP contribution in [0.15, 0.2) is 41.7 Å². The maximum Gasteiger partial charge on any atom is 0.119 e. The molecule has 122 valence electrons. The lowest BCUT2D eigenvalue weighted by molar-refractivity contribution is 0.173. The third kappa shape index (κ3) is 1.99. The molecule has 0 spiro atoms. The van der Waals surface area contributed by atoms with Gasteiger partial charge < -0.3 is 9.47 Å². The minimum Gasteiger partial charge on any atom is -0.501 e. The van der Waals surface area contributed by atoms with Crippen LogP contribution in [0.2, 0.25) is 0 Å². The van der Waals surface area contributed by atoms with Gasteiger partial charge in [-0.3, -0.25) is 4.90 Å². The van der Waals surface area contributed by atoms with Crippen LogP contribution in [0, 0.1) is 5.92 Å². The Morgan fingerprint density at radius 1 is 1.22 bits per heavy atom. The van der Waals surface area contributed by atoms with E-state index in [0.29, 0.717) is 12.0 Å². The summed E-state index contributed by atoms with van der Waals surface area (Å²) in [6, 6.07) is 7.08. The maximum atomic E-state index is 5.71. The van der Waals surface area contributed by atoms with Crippen LogP contribution in [0.3, 0.4) is 0 Å². The molecule has 0 radical (unpaired) electrons. The van der Waals surface area contributed by atoms with E-state index in [4.69, 9.17) is 9.47 Å². The molecule has 1 saturated heterocycles. The quantitative estimate of drug-likeness (QED) is 0.782. The fourth-order valence-corrected chi connectivity index (χ4v) is 4.69. The molecule has 3 heteroatoms. The van der Waals surface area contributed by atoms with Crippen LogP contribution in [0.5, 0.6) is 5.75 Å². The molecule has 1 aromatic rings. The summed E-state index contributed by atoms with van der Waals surface area (Å²) in [6.07, 6.45) is 7.03. The number of fused-ring (bicyclic) bond motifs is 1. The molecule has 0 aromatic heterocycles. The van der Waals surface area contributed by atoms with Gasteiger partial charge in [0.05, 0.1) is 20.0 Å². The first-order valence-corrected chi connectivity index (χ1v) is 8.45. The van der Waals surface area contributed by atoms with Gasteiger partial charge in [-0.1, -0.05) is 19.1 Å². The molecule has 0 saturated carbocycles. The number of piperidine rings is 1.